The molecule has 1 unspecified atom stereocenters. The van der Waals surface area contributed by atoms with E-state index in [-0.39, 0.29) is 11.9 Å². The number of methoxy groups -OCH3 is 1. The van der Waals surface area contributed by atoms with Crippen LogP contribution in [0.5, 0.6) is 5.75 Å². The maximum Gasteiger partial charge on any atom is 0.220 e. The lowest BCUT2D eigenvalue weighted by atomic mass is 10.0. The molecule has 1 aliphatic heterocycles. The number of fused-ring (bicyclic) bond motifs is 1. The lowest BCUT2D eigenvalue weighted by Gasteiger charge is -2.12. The van der Waals surface area contributed by atoms with Crippen LogP contribution in [0.1, 0.15) is 29.5 Å². The zero-order valence-electron chi connectivity index (χ0n) is 13.9. The number of carbonyl (C=O) groups excluding carboxylic acids is 1. The van der Waals surface area contributed by atoms with Gasteiger partial charge in [0.2, 0.25) is 5.91 Å². The van der Waals surface area contributed by atoms with E-state index in [2.05, 4.69) is 27.8 Å². The minimum atomic E-state index is 0.129. The Hall–Kier alpha value is -2.60. The molecular formula is C19H19N3O2S. The van der Waals surface area contributed by atoms with Gasteiger partial charge in [-0.25, -0.2) is 4.98 Å². The van der Waals surface area contributed by atoms with E-state index in [9.17, 15) is 4.79 Å². The Morgan fingerprint density at radius 2 is 2.24 bits per heavy atom. The molecule has 0 saturated carbocycles. The fourth-order valence-corrected chi connectivity index (χ4v) is 3.95. The summed E-state index contributed by atoms with van der Waals surface area (Å²) in [6, 6.07) is 14.3. The predicted molar refractivity (Wildman–Crippen MR) is 100 cm³/mol. The molecule has 0 aliphatic carbocycles. The summed E-state index contributed by atoms with van der Waals surface area (Å²) in [6.45, 7) is 0.669. The standard InChI is InChI=1S/C19H19N3O2S/c1-24-14-5-7-17-16(10-14)22-19(25-17)11-20-13-4-2-3-12(9-13)15-6-8-18(23)21-15/h2-5,7,9-10,15,20H,6,8,11H2,1H3,(H,21,23). The molecular weight excluding hydrogens is 334 g/mol. The predicted octanol–water partition coefficient (Wildman–Crippen LogP) is 3.87. The molecule has 4 rings (SSSR count). The van der Waals surface area contributed by atoms with Gasteiger partial charge in [0.05, 0.1) is 29.9 Å². The smallest absolute Gasteiger partial charge is 0.220 e. The Balaban J connectivity index is 1.47. The van der Waals surface area contributed by atoms with Crippen LogP contribution < -0.4 is 15.4 Å². The monoisotopic (exact) mass is 353 g/mol. The van der Waals surface area contributed by atoms with E-state index in [1.165, 1.54) is 0 Å². The van der Waals surface area contributed by atoms with Crippen LogP contribution in [-0.2, 0) is 11.3 Å². The number of amides is 1. The van der Waals surface area contributed by atoms with Gasteiger partial charge in [0.25, 0.3) is 0 Å². The number of anilines is 1. The molecule has 128 valence electrons. The van der Waals surface area contributed by atoms with Crippen LogP contribution in [0.25, 0.3) is 10.2 Å². The minimum absolute atomic E-state index is 0.129. The van der Waals surface area contributed by atoms with Crippen LogP contribution in [0, 0.1) is 0 Å². The Labute approximate surface area is 150 Å². The van der Waals surface area contributed by atoms with Gasteiger partial charge in [-0.2, -0.15) is 0 Å². The van der Waals surface area contributed by atoms with Crippen molar-refractivity contribution in [2.75, 3.05) is 12.4 Å². The van der Waals surface area contributed by atoms with E-state index in [4.69, 9.17) is 4.74 Å². The first-order valence-corrected chi connectivity index (χ1v) is 9.09. The third kappa shape index (κ3) is 3.44. The number of benzene rings is 2. The highest BCUT2D eigenvalue weighted by molar-refractivity contribution is 7.18. The first-order chi connectivity index (χ1) is 12.2. The van der Waals surface area contributed by atoms with E-state index in [1.54, 1.807) is 18.4 Å². The molecule has 1 fully saturated rings. The van der Waals surface area contributed by atoms with Crippen LogP contribution >= 0.6 is 11.3 Å². The number of carbonyl (C=O) groups is 1. The van der Waals surface area contributed by atoms with Gasteiger partial charge >= 0.3 is 0 Å². The number of hydrogen-bond donors (Lipinski definition) is 2. The van der Waals surface area contributed by atoms with Crippen LogP contribution in [0.15, 0.2) is 42.5 Å². The van der Waals surface area contributed by atoms with Crippen molar-refractivity contribution in [3.63, 3.8) is 0 Å². The summed E-state index contributed by atoms with van der Waals surface area (Å²) in [6.07, 6.45) is 1.47. The second-order valence-electron chi connectivity index (χ2n) is 6.08. The molecule has 1 aliphatic rings. The first kappa shape index (κ1) is 15.9. The molecule has 2 aromatic carbocycles. The first-order valence-electron chi connectivity index (χ1n) is 8.28. The second-order valence-corrected chi connectivity index (χ2v) is 7.19. The van der Waals surface area contributed by atoms with Gasteiger partial charge in [-0.05, 0) is 36.2 Å². The fraction of sp³-hybridized carbons (Fsp3) is 0.263. The molecule has 2 heterocycles. The molecule has 2 N–H and O–H groups in total. The molecule has 1 atom stereocenters. The average molecular weight is 353 g/mol. The summed E-state index contributed by atoms with van der Waals surface area (Å²) in [4.78, 5) is 16.1. The quantitative estimate of drug-likeness (QED) is 0.731. The fourth-order valence-electron chi connectivity index (χ4n) is 3.06. The average Bonchev–Trinajstić information content (AvgIpc) is 3.25. The highest BCUT2D eigenvalue weighted by atomic mass is 32.1. The lowest BCUT2D eigenvalue weighted by Crippen LogP contribution is -2.18. The van der Waals surface area contributed by atoms with E-state index in [1.807, 2.05) is 30.3 Å². The number of hydrogen-bond acceptors (Lipinski definition) is 5. The maximum absolute atomic E-state index is 11.4. The summed E-state index contributed by atoms with van der Waals surface area (Å²) in [5.74, 6) is 0.955. The molecule has 1 aromatic heterocycles. The van der Waals surface area contributed by atoms with Crippen molar-refractivity contribution in [2.24, 2.45) is 0 Å². The van der Waals surface area contributed by atoms with Crippen LogP contribution in [0.3, 0.4) is 0 Å². The van der Waals surface area contributed by atoms with E-state index in [0.29, 0.717) is 13.0 Å². The van der Waals surface area contributed by atoms with Crippen LogP contribution in [0.4, 0.5) is 5.69 Å². The summed E-state index contributed by atoms with van der Waals surface area (Å²) >= 11 is 1.68. The Morgan fingerprint density at radius 1 is 1.32 bits per heavy atom. The van der Waals surface area contributed by atoms with Crippen molar-refractivity contribution in [1.29, 1.82) is 0 Å². The zero-order chi connectivity index (χ0) is 17.2. The topological polar surface area (TPSA) is 63.2 Å². The number of nitrogens with zero attached hydrogens (tertiary/aromatic N) is 1. The Morgan fingerprint density at radius 3 is 3.04 bits per heavy atom. The van der Waals surface area contributed by atoms with Crippen molar-refractivity contribution in [1.82, 2.24) is 10.3 Å². The minimum Gasteiger partial charge on any atom is -0.497 e. The third-order valence-electron chi connectivity index (χ3n) is 4.37. The summed E-state index contributed by atoms with van der Waals surface area (Å²) in [7, 11) is 1.66. The van der Waals surface area contributed by atoms with Gasteiger partial charge in [0.15, 0.2) is 0 Å². The molecule has 3 aromatic rings. The second kappa shape index (κ2) is 6.72. The summed E-state index contributed by atoms with van der Waals surface area (Å²) < 4.78 is 6.40. The van der Waals surface area contributed by atoms with Gasteiger partial charge in [0.1, 0.15) is 10.8 Å². The summed E-state index contributed by atoms with van der Waals surface area (Å²) in [5.41, 5.74) is 3.14. The number of aromatic nitrogens is 1. The van der Waals surface area contributed by atoms with Gasteiger partial charge in [0, 0.05) is 18.2 Å². The van der Waals surface area contributed by atoms with Crippen molar-refractivity contribution >= 4 is 33.1 Å². The van der Waals surface area contributed by atoms with E-state index < -0.39 is 0 Å². The van der Waals surface area contributed by atoms with Crippen LogP contribution in [0.2, 0.25) is 0 Å². The van der Waals surface area contributed by atoms with Crippen molar-refractivity contribution in [3.8, 4) is 5.75 Å². The SMILES string of the molecule is COc1ccc2sc(CNc3cccc(C4CCC(=O)N4)c3)nc2c1. The third-order valence-corrected chi connectivity index (χ3v) is 5.40. The molecule has 0 radical (unpaired) electrons. The van der Waals surface area contributed by atoms with Gasteiger partial charge < -0.3 is 15.4 Å². The van der Waals surface area contributed by atoms with Crippen LogP contribution in [-0.4, -0.2) is 18.0 Å². The molecule has 1 saturated heterocycles. The largest absolute Gasteiger partial charge is 0.497 e. The maximum atomic E-state index is 11.4. The number of ether oxygens (including phenoxy) is 1. The highest BCUT2D eigenvalue weighted by Crippen LogP contribution is 2.28. The summed E-state index contributed by atoms with van der Waals surface area (Å²) in [5, 5.41) is 7.47. The van der Waals surface area contributed by atoms with Gasteiger partial charge in [-0.1, -0.05) is 12.1 Å². The van der Waals surface area contributed by atoms with Gasteiger partial charge in [-0.3, -0.25) is 4.79 Å². The highest BCUT2D eigenvalue weighted by Gasteiger charge is 2.22. The molecule has 0 spiro atoms. The van der Waals surface area contributed by atoms with Crippen molar-refractivity contribution in [3.05, 3.63) is 53.0 Å². The Bertz CT molecular complexity index is 922. The Kier molecular flexibility index (Phi) is 4.28. The van der Waals surface area contributed by atoms with Crippen molar-refractivity contribution in [2.45, 2.75) is 25.4 Å². The molecule has 1 amide bonds. The molecule has 25 heavy (non-hydrogen) atoms. The lowest BCUT2D eigenvalue weighted by molar-refractivity contribution is -0.119. The van der Waals surface area contributed by atoms with E-state index >= 15 is 0 Å². The number of thiazole rings is 1. The molecule has 0 bridgehead atoms. The van der Waals surface area contributed by atoms with Gasteiger partial charge in [-0.15, -0.1) is 11.3 Å². The number of rotatable bonds is 5. The normalized spacial score (nSPS) is 16.8. The number of nitrogens with one attached hydrogen (secondary N) is 2. The molecule has 6 heteroatoms. The molecule has 5 nitrogen and oxygen atoms in total. The van der Waals surface area contributed by atoms with Crippen molar-refractivity contribution < 1.29 is 9.53 Å². The zero-order valence-corrected chi connectivity index (χ0v) is 14.7. The van der Waals surface area contributed by atoms with E-state index in [0.717, 1.165) is 38.6 Å².